The maximum atomic E-state index is 5.45. The van der Waals surface area contributed by atoms with Crippen LogP contribution < -0.4 is 5.32 Å². The molecule has 1 atom stereocenters. The summed E-state index contributed by atoms with van der Waals surface area (Å²) in [7, 11) is 1.95. The SMILES string of the molecule is CNC(C)(C)c1cncn1C(C)c1ccco1. The number of nitrogens with one attached hydrogen (secondary N) is 1. The molecule has 2 aromatic heterocycles. The first kappa shape index (κ1) is 11.9. The second-order valence-electron chi connectivity index (χ2n) is 4.75. The Hall–Kier alpha value is -1.55. The van der Waals surface area contributed by atoms with Gasteiger partial charge in [0.15, 0.2) is 0 Å². The standard InChI is InChI=1S/C13H19N3O/c1-10(11-6-5-7-17-11)16-9-15-8-12(16)13(2,3)14-4/h5-10,14H,1-4H3. The Kier molecular flexibility index (Phi) is 3.07. The molecule has 0 aliphatic carbocycles. The molecule has 0 saturated heterocycles. The second-order valence-corrected chi connectivity index (χ2v) is 4.75. The number of hydrogen-bond donors (Lipinski definition) is 1. The number of aromatic nitrogens is 2. The Balaban J connectivity index is 2.38. The van der Waals surface area contributed by atoms with Gasteiger partial charge in [0, 0.05) is 0 Å². The minimum absolute atomic E-state index is 0.114. The van der Waals surface area contributed by atoms with Crippen molar-refractivity contribution >= 4 is 0 Å². The highest BCUT2D eigenvalue weighted by molar-refractivity contribution is 5.15. The summed E-state index contributed by atoms with van der Waals surface area (Å²) in [5, 5.41) is 3.29. The minimum atomic E-state index is -0.114. The van der Waals surface area contributed by atoms with Gasteiger partial charge >= 0.3 is 0 Å². The molecule has 1 N–H and O–H groups in total. The van der Waals surface area contributed by atoms with Gasteiger partial charge < -0.3 is 14.3 Å². The zero-order valence-corrected chi connectivity index (χ0v) is 10.8. The average molecular weight is 233 g/mol. The van der Waals surface area contributed by atoms with E-state index < -0.39 is 0 Å². The van der Waals surface area contributed by atoms with Gasteiger partial charge in [-0.15, -0.1) is 0 Å². The van der Waals surface area contributed by atoms with Crippen LogP contribution in [-0.2, 0) is 5.54 Å². The molecular formula is C13H19N3O. The van der Waals surface area contributed by atoms with Gasteiger partial charge in [-0.25, -0.2) is 4.98 Å². The molecule has 0 aliphatic rings. The molecule has 0 bridgehead atoms. The van der Waals surface area contributed by atoms with E-state index in [9.17, 15) is 0 Å². The molecule has 0 radical (unpaired) electrons. The van der Waals surface area contributed by atoms with E-state index in [-0.39, 0.29) is 11.6 Å². The highest BCUT2D eigenvalue weighted by Gasteiger charge is 2.25. The lowest BCUT2D eigenvalue weighted by Crippen LogP contribution is -2.35. The van der Waals surface area contributed by atoms with Crippen LogP contribution in [0.4, 0.5) is 0 Å². The van der Waals surface area contributed by atoms with Crippen molar-refractivity contribution in [3.05, 3.63) is 42.4 Å². The fourth-order valence-electron chi connectivity index (χ4n) is 1.89. The van der Waals surface area contributed by atoms with E-state index in [0.29, 0.717) is 0 Å². The second kappa shape index (κ2) is 4.37. The maximum Gasteiger partial charge on any atom is 0.126 e. The summed E-state index contributed by atoms with van der Waals surface area (Å²) in [5.41, 5.74) is 1.03. The van der Waals surface area contributed by atoms with Crippen molar-refractivity contribution in [2.45, 2.75) is 32.4 Å². The molecule has 2 heterocycles. The van der Waals surface area contributed by atoms with Crippen LogP contribution in [0.5, 0.6) is 0 Å². The van der Waals surface area contributed by atoms with E-state index in [1.807, 2.05) is 31.7 Å². The fraction of sp³-hybridized carbons (Fsp3) is 0.462. The average Bonchev–Trinajstić information content (AvgIpc) is 2.99. The third-order valence-corrected chi connectivity index (χ3v) is 3.30. The molecule has 0 spiro atoms. The molecule has 2 aromatic rings. The predicted octanol–water partition coefficient (Wildman–Crippen LogP) is 2.54. The van der Waals surface area contributed by atoms with Crippen LogP contribution in [0.2, 0.25) is 0 Å². The van der Waals surface area contributed by atoms with Crippen molar-refractivity contribution in [2.24, 2.45) is 0 Å². The Bertz CT molecular complexity index is 471. The maximum absolute atomic E-state index is 5.45. The first-order chi connectivity index (χ1) is 8.06. The van der Waals surface area contributed by atoms with Crippen molar-refractivity contribution in [1.29, 1.82) is 0 Å². The number of nitrogens with zero attached hydrogens (tertiary/aromatic N) is 2. The van der Waals surface area contributed by atoms with Gasteiger partial charge in [-0.1, -0.05) is 0 Å². The highest BCUT2D eigenvalue weighted by Crippen LogP contribution is 2.26. The molecule has 0 fully saturated rings. The molecule has 0 aromatic carbocycles. The topological polar surface area (TPSA) is 43.0 Å². The normalized spacial score (nSPS) is 13.9. The quantitative estimate of drug-likeness (QED) is 0.882. The van der Waals surface area contributed by atoms with Crippen molar-refractivity contribution < 1.29 is 4.42 Å². The first-order valence-corrected chi connectivity index (χ1v) is 5.81. The van der Waals surface area contributed by atoms with Crippen LogP contribution >= 0.6 is 0 Å². The summed E-state index contributed by atoms with van der Waals surface area (Å²) in [6.07, 6.45) is 5.45. The fourth-order valence-corrected chi connectivity index (χ4v) is 1.89. The van der Waals surface area contributed by atoms with Crippen molar-refractivity contribution in [3.8, 4) is 0 Å². The Morgan fingerprint density at radius 1 is 1.47 bits per heavy atom. The summed E-state index contributed by atoms with van der Waals surface area (Å²) in [6, 6.07) is 4.04. The molecule has 92 valence electrons. The van der Waals surface area contributed by atoms with E-state index >= 15 is 0 Å². The predicted molar refractivity (Wildman–Crippen MR) is 66.8 cm³/mol. The van der Waals surface area contributed by atoms with Crippen LogP contribution in [0.15, 0.2) is 35.3 Å². The van der Waals surface area contributed by atoms with Crippen LogP contribution in [0.3, 0.4) is 0 Å². The van der Waals surface area contributed by atoms with E-state index in [1.165, 1.54) is 0 Å². The third-order valence-electron chi connectivity index (χ3n) is 3.30. The number of rotatable bonds is 4. The van der Waals surface area contributed by atoms with Crippen LogP contribution in [0, 0.1) is 0 Å². The molecule has 4 heteroatoms. The van der Waals surface area contributed by atoms with Crippen molar-refractivity contribution in [2.75, 3.05) is 7.05 Å². The lowest BCUT2D eigenvalue weighted by Gasteiger charge is -2.27. The molecule has 2 rings (SSSR count). The summed E-state index contributed by atoms with van der Waals surface area (Å²) in [6.45, 7) is 6.38. The van der Waals surface area contributed by atoms with Gasteiger partial charge in [-0.05, 0) is 40.0 Å². The zero-order chi connectivity index (χ0) is 12.5. The molecule has 0 amide bonds. The summed E-state index contributed by atoms with van der Waals surface area (Å²) in [5.74, 6) is 0.941. The Morgan fingerprint density at radius 3 is 2.82 bits per heavy atom. The molecule has 0 saturated carbocycles. The summed E-state index contributed by atoms with van der Waals surface area (Å²) in [4.78, 5) is 4.25. The van der Waals surface area contributed by atoms with E-state index in [4.69, 9.17) is 4.42 Å². The molecular weight excluding hydrogens is 214 g/mol. The zero-order valence-electron chi connectivity index (χ0n) is 10.8. The van der Waals surface area contributed by atoms with Crippen LogP contribution in [0.1, 0.15) is 38.3 Å². The molecule has 17 heavy (non-hydrogen) atoms. The number of imidazole rings is 1. The summed E-state index contributed by atoms with van der Waals surface area (Å²) >= 11 is 0. The number of hydrogen-bond acceptors (Lipinski definition) is 3. The smallest absolute Gasteiger partial charge is 0.126 e. The van der Waals surface area contributed by atoms with Gasteiger partial charge in [0.1, 0.15) is 5.76 Å². The lowest BCUT2D eigenvalue weighted by atomic mass is 10.0. The van der Waals surface area contributed by atoms with Gasteiger partial charge in [-0.3, -0.25) is 0 Å². The van der Waals surface area contributed by atoms with Crippen LogP contribution in [0.25, 0.3) is 0 Å². The lowest BCUT2D eigenvalue weighted by molar-refractivity contribution is 0.380. The van der Waals surface area contributed by atoms with Gasteiger partial charge in [-0.2, -0.15) is 0 Å². The van der Waals surface area contributed by atoms with Crippen LogP contribution in [-0.4, -0.2) is 16.6 Å². The summed E-state index contributed by atoms with van der Waals surface area (Å²) < 4.78 is 7.59. The number of furan rings is 1. The highest BCUT2D eigenvalue weighted by atomic mass is 16.3. The Labute approximate surface area is 102 Å². The first-order valence-electron chi connectivity index (χ1n) is 5.81. The largest absolute Gasteiger partial charge is 0.467 e. The Morgan fingerprint density at radius 2 is 2.24 bits per heavy atom. The monoisotopic (exact) mass is 233 g/mol. The molecule has 0 aliphatic heterocycles. The van der Waals surface area contributed by atoms with E-state index in [0.717, 1.165) is 11.5 Å². The van der Waals surface area contributed by atoms with Gasteiger partial charge in [0.25, 0.3) is 0 Å². The molecule has 1 unspecified atom stereocenters. The minimum Gasteiger partial charge on any atom is -0.467 e. The van der Waals surface area contributed by atoms with Gasteiger partial charge in [0.2, 0.25) is 0 Å². The molecule has 4 nitrogen and oxygen atoms in total. The van der Waals surface area contributed by atoms with Crippen molar-refractivity contribution in [3.63, 3.8) is 0 Å². The van der Waals surface area contributed by atoms with Gasteiger partial charge in [0.05, 0.1) is 36.1 Å². The van der Waals surface area contributed by atoms with Crippen molar-refractivity contribution in [1.82, 2.24) is 14.9 Å². The third kappa shape index (κ3) is 2.13. The van der Waals surface area contributed by atoms with E-state index in [1.54, 1.807) is 6.26 Å². The van der Waals surface area contributed by atoms with E-state index in [2.05, 4.69) is 35.6 Å².